The summed E-state index contributed by atoms with van der Waals surface area (Å²) < 4.78 is 5.12. The van der Waals surface area contributed by atoms with Gasteiger partial charge >= 0.3 is 0 Å². The minimum absolute atomic E-state index is 0.0402. The Morgan fingerprint density at radius 1 is 1.12 bits per heavy atom. The van der Waals surface area contributed by atoms with Crippen molar-refractivity contribution in [3.63, 3.8) is 0 Å². The van der Waals surface area contributed by atoms with E-state index in [0.717, 1.165) is 23.1 Å². The van der Waals surface area contributed by atoms with E-state index in [1.165, 1.54) is 0 Å². The number of rotatable bonds is 6. The van der Waals surface area contributed by atoms with E-state index in [9.17, 15) is 9.59 Å². The number of carbonyl (C=O) groups is 2. The van der Waals surface area contributed by atoms with Crippen molar-refractivity contribution in [3.05, 3.63) is 60.2 Å². The minimum Gasteiger partial charge on any atom is -0.497 e. The lowest BCUT2D eigenvalue weighted by atomic mass is 10.2. The first kappa shape index (κ1) is 17.7. The first-order chi connectivity index (χ1) is 12.7. The highest BCUT2D eigenvalue weighted by molar-refractivity contribution is 7.99. The maximum Gasteiger partial charge on any atom is 0.257 e. The number of nitrogens with one attached hydrogen (secondary N) is 2. The molecule has 2 N–H and O–H groups in total. The molecule has 0 aliphatic heterocycles. The van der Waals surface area contributed by atoms with Gasteiger partial charge in [-0.25, -0.2) is 4.98 Å². The van der Waals surface area contributed by atoms with Crippen molar-refractivity contribution in [1.29, 1.82) is 0 Å². The Balaban J connectivity index is 1.54. The van der Waals surface area contributed by atoms with Gasteiger partial charge in [0, 0.05) is 11.1 Å². The van der Waals surface area contributed by atoms with Crippen LogP contribution < -0.4 is 10.1 Å². The Morgan fingerprint density at radius 2 is 1.85 bits per heavy atom. The summed E-state index contributed by atoms with van der Waals surface area (Å²) in [7, 11) is 1.60. The van der Waals surface area contributed by atoms with E-state index in [2.05, 4.69) is 20.5 Å². The van der Waals surface area contributed by atoms with Crippen LogP contribution in [0, 0.1) is 0 Å². The van der Waals surface area contributed by atoms with E-state index in [1.807, 2.05) is 24.3 Å². The number of thioether (sulfide) groups is 1. The van der Waals surface area contributed by atoms with E-state index in [-0.39, 0.29) is 5.75 Å². The highest BCUT2D eigenvalue weighted by Crippen LogP contribution is 2.21. The number of methoxy groups -OCH3 is 1. The summed E-state index contributed by atoms with van der Waals surface area (Å²) in [6.07, 6.45) is 0. The monoisotopic (exact) mass is 368 g/mol. The maximum absolute atomic E-state index is 11.9. The lowest BCUT2D eigenvalue weighted by molar-refractivity contribution is -0.117. The van der Waals surface area contributed by atoms with Crippen LogP contribution in [0.15, 0.2) is 59.8 Å². The molecule has 0 saturated heterocycles. The smallest absolute Gasteiger partial charge is 0.257 e. The van der Waals surface area contributed by atoms with E-state index >= 15 is 0 Å². The van der Waals surface area contributed by atoms with Crippen LogP contribution in [0.5, 0.6) is 5.75 Å². The molecule has 0 aliphatic rings. The topological polar surface area (TPSA) is 97.0 Å². The number of hydrogen-bond donors (Lipinski definition) is 2. The Hall–Kier alpha value is -3.13. The number of H-pyrrole nitrogens is 1. The molecule has 0 unspecified atom stereocenters. The van der Waals surface area contributed by atoms with Crippen molar-refractivity contribution >= 4 is 23.6 Å². The molecule has 3 aromatic rings. The average molecular weight is 368 g/mol. The van der Waals surface area contributed by atoms with Crippen LogP contribution in [0.2, 0.25) is 0 Å². The number of aromatic nitrogens is 3. The Kier molecular flexibility index (Phi) is 5.65. The third kappa shape index (κ3) is 4.48. The van der Waals surface area contributed by atoms with Crippen molar-refractivity contribution in [3.8, 4) is 17.1 Å². The molecular weight excluding hydrogens is 352 g/mol. The highest BCUT2D eigenvalue weighted by Gasteiger charge is 2.12. The largest absolute Gasteiger partial charge is 0.497 e. The number of benzene rings is 2. The molecule has 0 fully saturated rings. The van der Waals surface area contributed by atoms with Crippen LogP contribution in [0.25, 0.3) is 11.4 Å². The average Bonchev–Trinajstić information content (AvgIpc) is 3.16. The second-order valence-electron chi connectivity index (χ2n) is 5.23. The van der Waals surface area contributed by atoms with Gasteiger partial charge in [-0.3, -0.25) is 20.0 Å². The van der Waals surface area contributed by atoms with Crippen molar-refractivity contribution in [2.45, 2.75) is 5.16 Å². The number of nitrogens with zero attached hydrogens (tertiary/aromatic N) is 2. The fraction of sp³-hybridized carbons (Fsp3) is 0.111. The molecule has 1 aromatic heterocycles. The molecule has 0 saturated carbocycles. The highest BCUT2D eigenvalue weighted by atomic mass is 32.2. The molecular formula is C18H16N4O3S. The molecule has 2 amide bonds. The van der Waals surface area contributed by atoms with Crippen molar-refractivity contribution in [2.75, 3.05) is 12.9 Å². The summed E-state index contributed by atoms with van der Waals surface area (Å²) in [6, 6.07) is 15.9. The Bertz CT molecular complexity index is 894. The zero-order valence-electron chi connectivity index (χ0n) is 13.9. The number of hydrogen-bond acceptors (Lipinski definition) is 6. The second kappa shape index (κ2) is 8.30. The summed E-state index contributed by atoms with van der Waals surface area (Å²) in [5.74, 6) is 0.557. The van der Waals surface area contributed by atoms with Gasteiger partial charge in [0.25, 0.3) is 5.91 Å². The van der Waals surface area contributed by atoms with Crippen molar-refractivity contribution in [1.82, 2.24) is 20.5 Å². The SMILES string of the molecule is COc1ccc(-c2nc(SCC(=O)NC(=O)c3ccccc3)n[nH]2)cc1. The van der Waals surface area contributed by atoms with Gasteiger partial charge in [0.2, 0.25) is 11.1 Å². The van der Waals surface area contributed by atoms with Gasteiger partial charge in [0.05, 0.1) is 12.9 Å². The number of carbonyl (C=O) groups excluding carboxylic acids is 2. The molecule has 7 nitrogen and oxygen atoms in total. The van der Waals surface area contributed by atoms with Gasteiger partial charge in [0.1, 0.15) is 5.75 Å². The first-order valence-corrected chi connectivity index (χ1v) is 8.73. The molecule has 0 spiro atoms. The van der Waals surface area contributed by atoms with Gasteiger partial charge in [-0.2, -0.15) is 0 Å². The van der Waals surface area contributed by atoms with E-state index in [1.54, 1.807) is 37.4 Å². The van der Waals surface area contributed by atoms with Crippen LogP contribution >= 0.6 is 11.8 Å². The fourth-order valence-electron chi connectivity index (χ4n) is 2.14. The number of aromatic amines is 1. The lowest BCUT2D eigenvalue weighted by Gasteiger charge is -2.02. The van der Waals surface area contributed by atoms with Gasteiger partial charge in [-0.05, 0) is 36.4 Å². The van der Waals surface area contributed by atoms with Gasteiger partial charge in [0.15, 0.2) is 5.82 Å². The first-order valence-electron chi connectivity index (χ1n) is 7.74. The molecule has 0 aliphatic carbocycles. The summed E-state index contributed by atoms with van der Waals surface area (Å²) in [5, 5.41) is 9.67. The summed E-state index contributed by atoms with van der Waals surface area (Å²) in [4.78, 5) is 28.2. The summed E-state index contributed by atoms with van der Waals surface area (Å²) in [5.41, 5.74) is 1.29. The predicted octanol–water partition coefficient (Wildman–Crippen LogP) is 2.53. The molecule has 0 atom stereocenters. The number of imide groups is 1. The van der Waals surface area contributed by atoms with E-state index in [4.69, 9.17) is 4.74 Å². The molecule has 26 heavy (non-hydrogen) atoms. The van der Waals surface area contributed by atoms with Gasteiger partial charge in [-0.1, -0.05) is 30.0 Å². The Labute approximate surface area is 154 Å². The van der Waals surface area contributed by atoms with Crippen molar-refractivity contribution < 1.29 is 14.3 Å². The zero-order valence-corrected chi connectivity index (χ0v) is 14.7. The maximum atomic E-state index is 11.9. The normalized spacial score (nSPS) is 10.3. The molecule has 0 bridgehead atoms. The van der Waals surface area contributed by atoms with Crippen molar-refractivity contribution in [2.24, 2.45) is 0 Å². The van der Waals surface area contributed by atoms with Crippen LogP contribution in [0.4, 0.5) is 0 Å². The minimum atomic E-state index is -0.426. The van der Waals surface area contributed by atoms with Crippen LogP contribution in [0.1, 0.15) is 10.4 Å². The summed E-state index contributed by atoms with van der Waals surface area (Å²) in [6.45, 7) is 0. The fourth-order valence-corrected chi connectivity index (χ4v) is 2.74. The third-order valence-corrected chi connectivity index (χ3v) is 4.30. The van der Waals surface area contributed by atoms with Crippen LogP contribution in [-0.4, -0.2) is 39.9 Å². The molecule has 132 valence electrons. The second-order valence-corrected chi connectivity index (χ2v) is 6.17. The molecule has 2 aromatic carbocycles. The standard InChI is InChI=1S/C18H16N4O3S/c1-25-14-9-7-12(8-10-14)16-20-18(22-21-16)26-11-15(23)19-17(24)13-5-3-2-4-6-13/h2-10H,11H2,1H3,(H,19,23,24)(H,20,21,22). The van der Waals surface area contributed by atoms with Gasteiger partial charge < -0.3 is 4.74 Å². The molecule has 0 radical (unpaired) electrons. The zero-order chi connectivity index (χ0) is 18.4. The number of amides is 2. The summed E-state index contributed by atoms with van der Waals surface area (Å²) >= 11 is 1.15. The van der Waals surface area contributed by atoms with Gasteiger partial charge in [-0.15, -0.1) is 5.10 Å². The van der Waals surface area contributed by atoms with E-state index in [0.29, 0.717) is 16.5 Å². The molecule has 8 heteroatoms. The molecule has 1 heterocycles. The van der Waals surface area contributed by atoms with Crippen LogP contribution in [-0.2, 0) is 4.79 Å². The quantitative estimate of drug-likeness (QED) is 0.649. The van der Waals surface area contributed by atoms with E-state index < -0.39 is 11.8 Å². The molecule has 3 rings (SSSR count). The Morgan fingerprint density at radius 3 is 2.54 bits per heavy atom. The third-order valence-electron chi connectivity index (χ3n) is 3.45. The van der Waals surface area contributed by atoms with Crippen LogP contribution in [0.3, 0.4) is 0 Å². The number of ether oxygens (including phenoxy) is 1. The lowest BCUT2D eigenvalue weighted by Crippen LogP contribution is -2.31. The predicted molar refractivity (Wildman–Crippen MR) is 98.0 cm³/mol.